The first kappa shape index (κ1) is 20.6. The van der Waals surface area contributed by atoms with E-state index in [0.717, 1.165) is 24.0 Å². The van der Waals surface area contributed by atoms with Crippen molar-refractivity contribution in [3.63, 3.8) is 0 Å². The molecule has 152 valence electrons. The molecule has 0 radical (unpaired) electrons. The molecule has 0 spiro atoms. The summed E-state index contributed by atoms with van der Waals surface area (Å²) in [5, 5.41) is 10.6. The number of amides is 1. The van der Waals surface area contributed by atoms with E-state index in [4.69, 9.17) is 9.37 Å². The SMILES string of the molecule is CCc1ccc(CC)c(-c2nonc2NC(=O)COc2ccc(C(C)C)cc2)c1. The molecule has 0 aliphatic heterocycles. The summed E-state index contributed by atoms with van der Waals surface area (Å²) in [6.45, 7) is 8.32. The summed E-state index contributed by atoms with van der Waals surface area (Å²) in [5.74, 6) is 1.08. The summed E-state index contributed by atoms with van der Waals surface area (Å²) >= 11 is 0. The molecule has 0 saturated carbocycles. The molecule has 0 unspecified atom stereocenters. The Morgan fingerprint density at radius 3 is 2.48 bits per heavy atom. The van der Waals surface area contributed by atoms with E-state index in [-0.39, 0.29) is 12.5 Å². The quantitative estimate of drug-likeness (QED) is 0.582. The van der Waals surface area contributed by atoms with Gasteiger partial charge in [-0.2, -0.15) is 0 Å². The highest BCUT2D eigenvalue weighted by Gasteiger charge is 2.18. The van der Waals surface area contributed by atoms with Crippen molar-refractivity contribution >= 4 is 11.7 Å². The molecule has 0 fully saturated rings. The number of anilines is 1. The van der Waals surface area contributed by atoms with Crippen LogP contribution in [0.5, 0.6) is 5.75 Å². The van der Waals surface area contributed by atoms with Crippen molar-refractivity contribution in [1.29, 1.82) is 0 Å². The number of aryl methyl sites for hydroxylation is 2. The molecule has 3 aromatic rings. The summed E-state index contributed by atoms with van der Waals surface area (Å²) in [4.78, 5) is 12.4. The molecule has 1 N–H and O–H groups in total. The molecule has 6 heteroatoms. The molecule has 1 amide bonds. The minimum atomic E-state index is -0.320. The summed E-state index contributed by atoms with van der Waals surface area (Å²) < 4.78 is 10.5. The van der Waals surface area contributed by atoms with Gasteiger partial charge in [0.2, 0.25) is 5.82 Å². The first-order chi connectivity index (χ1) is 14.0. The summed E-state index contributed by atoms with van der Waals surface area (Å²) in [6, 6.07) is 14.0. The molecular weight excluding hydrogens is 366 g/mol. The lowest BCUT2D eigenvalue weighted by atomic mass is 9.98. The van der Waals surface area contributed by atoms with Gasteiger partial charge in [-0.05, 0) is 64.0 Å². The van der Waals surface area contributed by atoms with Gasteiger partial charge in [-0.1, -0.05) is 52.0 Å². The average Bonchev–Trinajstić information content (AvgIpc) is 3.19. The van der Waals surface area contributed by atoms with Crippen LogP contribution in [0.25, 0.3) is 11.3 Å². The number of benzene rings is 2. The molecule has 3 rings (SSSR count). The van der Waals surface area contributed by atoms with Gasteiger partial charge in [-0.3, -0.25) is 4.79 Å². The average molecular weight is 393 g/mol. The first-order valence-corrected chi connectivity index (χ1v) is 9.99. The number of nitrogens with one attached hydrogen (secondary N) is 1. The van der Waals surface area contributed by atoms with E-state index in [1.165, 1.54) is 11.1 Å². The Hall–Kier alpha value is -3.15. The number of hydrogen-bond acceptors (Lipinski definition) is 5. The molecular formula is C23H27N3O3. The van der Waals surface area contributed by atoms with Crippen molar-refractivity contribution in [2.45, 2.75) is 46.5 Å². The monoisotopic (exact) mass is 393 g/mol. The molecule has 0 aliphatic carbocycles. The smallest absolute Gasteiger partial charge is 0.263 e. The Kier molecular flexibility index (Phi) is 6.65. The van der Waals surface area contributed by atoms with E-state index in [9.17, 15) is 4.79 Å². The van der Waals surface area contributed by atoms with Crippen molar-refractivity contribution in [2.24, 2.45) is 0 Å². The fraction of sp³-hybridized carbons (Fsp3) is 0.348. The lowest BCUT2D eigenvalue weighted by molar-refractivity contribution is -0.118. The fourth-order valence-corrected chi connectivity index (χ4v) is 3.09. The van der Waals surface area contributed by atoms with Crippen LogP contribution in [0.1, 0.15) is 50.3 Å². The standard InChI is InChI=1S/C23H27N3O3/c1-5-16-7-8-17(6-2)20(13-16)22-23(26-29-25-22)24-21(27)14-28-19-11-9-18(10-12-19)15(3)4/h7-13,15H,5-6,14H2,1-4H3,(H,24,26,27). The molecule has 1 aromatic heterocycles. The Morgan fingerprint density at radius 1 is 1.07 bits per heavy atom. The van der Waals surface area contributed by atoms with Gasteiger partial charge >= 0.3 is 0 Å². The lowest BCUT2D eigenvalue weighted by Gasteiger charge is -2.10. The van der Waals surface area contributed by atoms with E-state index in [1.807, 2.05) is 24.3 Å². The van der Waals surface area contributed by atoms with Gasteiger partial charge in [0.05, 0.1) is 0 Å². The third-order valence-corrected chi connectivity index (χ3v) is 4.88. The van der Waals surface area contributed by atoms with Gasteiger partial charge in [-0.15, -0.1) is 0 Å². The predicted molar refractivity (Wildman–Crippen MR) is 113 cm³/mol. The van der Waals surface area contributed by atoms with Gasteiger partial charge in [-0.25, -0.2) is 4.63 Å². The zero-order chi connectivity index (χ0) is 20.8. The Labute approximate surface area is 171 Å². The highest BCUT2D eigenvalue weighted by molar-refractivity contribution is 5.94. The van der Waals surface area contributed by atoms with Gasteiger partial charge < -0.3 is 10.1 Å². The third-order valence-electron chi connectivity index (χ3n) is 4.88. The number of carbonyl (C=O) groups excluding carboxylic acids is 1. The molecule has 1 heterocycles. The fourth-order valence-electron chi connectivity index (χ4n) is 3.09. The second kappa shape index (κ2) is 9.37. The van der Waals surface area contributed by atoms with E-state index in [2.05, 4.69) is 61.5 Å². The van der Waals surface area contributed by atoms with Gasteiger partial charge in [0.25, 0.3) is 5.91 Å². The highest BCUT2D eigenvalue weighted by atomic mass is 16.6. The van der Waals surface area contributed by atoms with Crippen LogP contribution in [-0.4, -0.2) is 22.8 Å². The lowest BCUT2D eigenvalue weighted by Crippen LogP contribution is -2.20. The van der Waals surface area contributed by atoms with Crippen LogP contribution in [0.3, 0.4) is 0 Å². The van der Waals surface area contributed by atoms with Gasteiger partial charge in [0.15, 0.2) is 12.3 Å². The first-order valence-electron chi connectivity index (χ1n) is 9.99. The maximum atomic E-state index is 12.4. The van der Waals surface area contributed by atoms with Crippen LogP contribution in [0.2, 0.25) is 0 Å². The molecule has 2 aromatic carbocycles. The number of aromatic nitrogens is 2. The van der Waals surface area contributed by atoms with Crippen molar-refractivity contribution in [3.8, 4) is 17.0 Å². The van der Waals surface area contributed by atoms with E-state index in [1.54, 1.807) is 0 Å². The number of rotatable bonds is 8. The zero-order valence-electron chi connectivity index (χ0n) is 17.4. The van der Waals surface area contributed by atoms with Crippen molar-refractivity contribution in [1.82, 2.24) is 10.3 Å². The number of carbonyl (C=O) groups is 1. The second-order valence-electron chi connectivity index (χ2n) is 7.22. The molecule has 29 heavy (non-hydrogen) atoms. The zero-order valence-corrected chi connectivity index (χ0v) is 17.4. The summed E-state index contributed by atoms with van der Waals surface area (Å²) in [5.41, 5.74) is 4.99. The number of hydrogen-bond donors (Lipinski definition) is 1. The van der Waals surface area contributed by atoms with Crippen LogP contribution in [0.15, 0.2) is 47.1 Å². The van der Waals surface area contributed by atoms with E-state index >= 15 is 0 Å². The van der Waals surface area contributed by atoms with Crippen molar-refractivity contribution in [2.75, 3.05) is 11.9 Å². The van der Waals surface area contributed by atoms with Crippen LogP contribution >= 0.6 is 0 Å². The normalized spacial score (nSPS) is 10.9. The largest absolute Gasteiger partial charge is 0.484 e. The molecule has 6 nitrogen and oxygen atoms in total. The van der Waals surface area contributed by atoms with E-state index < -0.39 is 0 Å². The maximum absolute atomic E-state index is 12.4. The van der Waals surface area contributed by atoms with Crippen LogP contribution in [0.4, 0.5) is 5.82 Å². The Balaban J connectivity index is 1.69. The summed E-state index contributed by atoms with van der Waals surface area (Å²) in [6.07, 6.45) is 1.75. The van der Waals surface area contributed by atoms with Crippen LogP contribution in [0, 0.1) is 0 Å². The Morgan fingerprint density at radius 2 is 1.83 bits per heavy atom. The molecule has 0 saturated heterocycles. The minimum Gasteiger partial charge on any atom is -0.484 e. The topological polar surface area (TPSA) is 77.3 Å². The maximum Gasteiger partial charge on any atom is 0.263 e. The van der Waals surface area contributed by atoms with Gasteiger partial charge in [0, 0.05) is 5.56 Å². The van der Waals surface area contributed by atoms with E-state index in [0.29, 0.717) is 23.2 Å². The third kappa shape index (κ3) is 5.02. The van der Waals surface area contributed by atoms with Crippen molar-refractivity contribution < 1.29 is 14.2 Å². The highest BCUT2D eigenvalue weighted by Crippen LogP contribution is 2.29. The molecule has 0 aliphatic rings. The van der Waals surface area contributed by atoms with Crippen molar-refractivity contribution in [3.05, 3.63) is 59.2 Å². The molecule has 0 bridgehead atoms. The van der Waals surface area contributed by atoms with Crippen LogP contribution in [-0.2, 0) is 17.6 Å². The number of nitrogens with zero attached hydrogens (tertiary/aromatic N) is 2. The Bertz CT molecular complexity index is 962. The minimum absolute atomic E-state index is 0.122. The van der Waals surface area contributed by atoms with Crippen LogP contribution < -0.4 is 10.1 Å². The second-order valence-corrected chi connectivity index (χ2v) is 7.22. The summed E-state index contributed by atoms with van der Waals surface area (Å²) in [7, 11) is 0. The molecule has 0 atom stereocenters. The number of ether oxygens (including phenoxy) is 1. The predicted octanol–water partition coefficient (Wildman–Crippen LogP) is 5.00. The van der Waals surface area contributed by atoms with Gasteiger partial charge in [0.1, 0.15) is 5.75 Å².